The van der Waals surface area contributed by atoms with Crippen LogP contribution in [0.1, 0.15) is 47.5 Å². The Morgan fingerprint density at radius 2 is 1.25 bits per heavy atom. The molecule has 0 aromatic heterocycles. The van der Waals surface area contributed by atoms with E-state index in [0.717, 1.165) is 0 Å². The third kappa shape index (κ3) is 18.8. The van der Waals surface area contributed by atoms with Crippen LogP contribution >= 0.6 is 0 Å². The number of ether oxygens (including phenoxy) is 2. The van der Waals surface area contributed by atoms with Crippen molar-refractivity contribution in [3.63, 3.8) is 0 Å². The van der Waals surface area contributed by atoms with Crippen molar-refractivity contribution in [3.05, 3.63) is 0 Å². The van der Waals surface area contributed by atoms with Crippen LogP contribution in [0.3, 0.4) is 0 Å². The molecule has 5 amide bonds. The molecule has 0 radical (unpaired) electrons. The third-order valence-electron chi connectivity index (χ3n) is 4.98. The molecule has 230 valence electrons. The number of aliphatic hydroxyl groups is 1. The van der Waals surface area contributed by atoms with E-state index < -0.39 is 66.4 Å². The van der Waals surface area contributed by atoms with Crippen molar-refractivity contribution < 1.29 is 48.5 Å². The predicted octanol–water partition coefficient (Wildman–Crippen LogP) is -2.85. The quantitative estimate of drug-likeness (QED) is 0.0512. The molecule has 0 heterocycles. The van der Waals surface area contributed by atoms with Crippen molar-refractivity contribution in [1.82, 2.24) is 31.9 Å². The fraction of sp³-hybridized carbons (Fsp3) is 0.750. The van der Waals surface area contributed by atoms with Gasteiger partial charge in [0.1, 0.15) is 12.3 Å². The number of amides is 5. The lowest BCUT2D eigenvalue weighted by Gasteiger charge is -2.27. The Balaban J connectivity index is 4.35. The van der Waals surface area contributed by atoms with E-state index in [1.165, 1.54) is 20.8 Å². The average Bonchev–Trinajstić information content (AvgIpc) is 2.82. The highest BCUT2D eigenvalue weighted by Crippen LogP contribution is 2.07. The van der Waals surface area contributed by atoms with Gasteiger partial charge in [-0.25, -0.2) is 0 Å². The number of hydrogen-bond acceptors (Lipinski definition) is 10. The number of carbonyl (C=O) groups excluding carboxylic acids is 5. The maximum atomic E-state index is 12.6. The second kappa shape index (κ2) is 20.5. The summed E-state index contributed by atoms with van der Waals surface area (Å²) in [6.45, 7) is 8.38. The number of carboxylic acids is 1. The molecular weight excluding hydrogens is 532 g/mol. The molecule has 0 rings (SSSR count). The van der Waals surface area contributed by atoms with Gasteiger partial charge in [-0.05, 0) is 12.3 Å². The van der Waals surface area contributed by atoms with Crippen LogP contribution < -0.4 is 31.9 Å². The number of hydrogen-bond donors (Lipinski definition) is 8. The maximum absolute atomic E-state index is 12.6. The highest BCUT2D eigenvalue weighted by atomic mass is 16.5. The molecule has 16 heteroatoms. The number of carboxylic acid groups (broad SMARTS) is 1. The van der Waals surface area contributed by atoms with Gasteiger partial charge in [-0.1, -0.05) is 13.8 Å². The highest BCUT2D eigenvalue weighted by Gasteiger charge is 2.28. The van der Waals surface area contributed by atoms with Crippen LogP contribution in [0, 0.1) is 5.92 Å². The summed E-state index contributed by atoms with van der Waals surface area (Å²) in [5, 5.41) is 34.4. The molecule has 0 aliphatic carbocycles. The Morgan fingerprint density at radius 1 is 0.725 bits per heavy atom. The van der Waals surface area contributed by atoms with Crippen molar-refractivity contribution in [3.8, 4) is 0 Å². The summed E-state index contributed by atoms with van der Waals surface area (Å²) in [4.78, 5) is 69.7. The molecule has 0 spiro atoms. The smallest absolute Gasteiger partial charge is 0.305 e. The number of carbonyl (C=O) groups is 6. The van der Waals surface area contributed by atoms with E-state index in [4.69, 9.17) is 9.47 Å². The largest absolute Gasteiger partial charge is 0.481 e. The first-order valence-corrected chi connectivity index (χ1v) is 12.9. The Morgan fingerprint density at radius 3 is 1.73 bits per heavy atom. The second-order valence-corrected chi connectivity index (χ2v) is 9.34. The monoisotopic (exact) mass is 576 g/mol. The standard InChI is InChI=1S/C24H44N6O10/c1-14(2)12-18(27-15(3)31)23(37)30-19(13-20(34)35)22(36)25-6-8-39-10-11-40-9-7-26-24(38)21(28-16(4)32)29-17(5)33/h14,18-19,21-22,25,36H,6-13H2,1-5H3,(H,26,38)(H,27,31)(H,28,32)(H,29,33)(H,30,37)(H,34,35)/t18-,19-,22+/m0/s1. The van der Waals surface area contributed by atoms with Crippen LogP contribution in [0.2, 0.25) is 0 Å². The summed E-state index contributed by atoms with van der Waals surface area (Å²) in [6, 6.07) is -2.02. The molecule has 3 atom stereocenters. The predicted molar refractivity (Wildman–Crippen MR) is 141 cm³/mol. The molecule has 0 saturated carbocycles. The lowest BCUT2D eigenvalue weighted by atomic mass is 10.0. The van der Waals surface area contributed by atoms with Gasteiger partial charge in [0.05, 0.1) is 38.9 Å². The SMILES string of the molecule is CC(=O)NC(NC(C)=O)C(=O)NCCOCCOCCN[C@H](O)[C@H](CC(=O)O)NC(=O)[C@H](CC(C)C)NC(C)=O. The fourth-order valence-electron chi connectivity index (χ4n) is 3.33. The van der Waals surface area contributed by atoms with E-state index >= 15 is 0 Å². The van der Waals surface area contributed by atoms with Crippen molar-refractivity contribution in [2.75, 3.05) is 39.5 Å². The van der Waals surface area contributed by atoms with E-state index in [1.807, 2.05) is 13.8 Å². The van der Waals surface area contributed by atoms with Crippen molar-refractivity contribution in [2.45, 2.75) is 71.9 Å². The summed E-state index contributed by atoms with van der Waals surface area (Å²) in [5.74, 6) is -3.71. The average molecular weight is 577 g/mol. The molecule has 0 bridgehead atoms. The van der Waals surface area contributed by atoms with Gasteiger partial charge in [0, 0.05) is 33.9 Å². The van der Waals surface area contributed by atoms with Gasteiger partial charge in [0.2, 0.25) is 23.6 Å². The Hall–Kier alpha value is -3.34. The molecule has 0 saturated heterocycles. The van der Waals surface area contributed by atoms with Gasteiger partial charge in [-0.15, -0.1) is 0 Å². The number of nitrogens with one attached hydrogen (secondary N) is 6. The molecule has 0 aliphatic heterocycles. The summed E-state index contributed by atoms with van der Waals surface area (Å²) in [6.07, 6.45) is -2.79. The summed E-state index contributed by atoms with van der Waals surface area (Å²) < 4.78 is 10.7. The second-order valence-electron chi connectivity index (χ2n) is 9.34. The Bertz CT molecular complexity index is 825. The van der Waals surface area contributed by atoms with E-state index in [9.17, 15) is 39.0 Å². The van der Waals surface area contributed by atoms with Crippen molar-refractivity contribution >= 4 is 35.5 Å². The lowest BCUT2D eigenvalue weighted by molar-refractivity contribution is -0.139. The Kier molecular flexibility index (Phi) is 18.8. The molecule has 0 aromatic rings. The van der Waals surface area contributed by atoms with Gasteiger partial charge in [0.15, 0.2) is 6.17 Å². The molecule has 0 unspecified atom stereocenters. The van der Waals surface area contributed by atoms with Crippen LogP contribution in [0.25, 0.3) is 0 Å². The minimum atomic E-state index is -1.39. The summed E-state index contributed by atoms with van der Waals surface area (Å²) >= 11 is 0. The lowest BCUT2D eigenvalue weighted by Crippen LogP contribution is -2.56. The van der Waals surface area contributed by atoms with Crippen molar-refractivity contribution in [2.24, 2.45) is 5.92 Å². The van der Waals surface area contributed by atoms with E-state index in [-0.39, 0.29) is 45.4 Å². The molecular formula is C24H44N6O10. The first-order valence-electron chi connectivity index (χ1n) is 12.9. The minimum absolute atomic E-state index is 0.0842. The fourth-order valence-corrected chi connectivity index (χ4v) is 3.33. The van der Waals surface area contributed by atoms with Crippen molar-refractivity contribution in [1.29, 1.82) is 0 Å². The molecule has 16 nitrogen and oxygen atoms in total. The van der Waals surface area contributed by atoms with E-state index in [0.29, 0.717) is 6.42 Å². The van der Waals surface area contributed by atoms with Gasteiger partial charge in [-0.2, -0.15) is 0 Å². The minimum Gasteiger partial charge on any atom is -0.481 e. The van der Waals surface area contributed by atoms with Gasteiger partial charge in [-0.3, -0.25) is 34.1 Å². The van der Waals surface area contributed by atoms with Gasteiger partial charge >= 0.3 is 5.97 Å². The third-order valence-corrected chi connectivity index (χ3v) is 4.98. The Labute approximate surface area is 233 Å². The molecule has 40 heavy (non-hydrogen) atoms. The summed E-state index contributed by atoms with van der Waals surface area (Å²) in [5.41, 5.74) is 0. The van der Waals surface area contributed by atoms with Crippen LogP contribution in [0.4, 0.5) is 0 Å². The number of aliphatic hydroxyl groups excluding tert-OH is 1. The number of aliphatic carboxylic acids is 1. The molecule has 8 N–H and O–H groups in total. The number of rotatable bonds is 21. The van der Waals surface area contributed by atoms with E-state index in [2.05, 4.69) is 31.9 Å². The topological polar surface area (TPSA) is 234 Å². The van der Waals surface area contributed by atoms with Crippen LogP contribution in [0.5, 0.6) is 0 Å². The zero-order valence-corrected chi connectivity index (χ0v) is 23.7. The van der Waals surface area contributed by atoms with E-state index in [1.54, 1.807) is 0 Å². The summed E-state index contributed by atoms with van der Waals surface area (Å²) in [7, 11) is 0. The van der Waals surface area contributed by atoms with Crippen LogP contribution in [-0.2, 0) is 38.2 Å². The first-order chi connectivity index (χ1) is 18.7. The zero-order chi connectivity index (χ0) is 30.7. The normalized spacial score (nSPS) is 13.2. The van der Waals surface area contributed by atoms with Gasteiger partial charge < -0.3 is 46.3 Å². The highest BCUT2D eigenvalue weighted by molar-refractivity contribution is 5.90. The van der Waals surface area contributed by atoms with Crippen LogP contribution in [0.15, 0.2) is 0 Å². The first kappa shape index (κ1) is 36.7. The van der Waals surface area contributed by atoms with Gasteiger partial charge in [0.25, 0.3) is 5.91 Å². The zero-order valence-electron chi connectivity index (χ0n) is 23.7. The van der Waals surface area contributed by atoms with Crippen LogP contribution in [-0.4, -0.2) is 110 Å². The molecule has 0 aliphatic rings. The molecule has 0 fully saturated rings. The maximum Gasteiger partial charge on any atom is 0.305 e. The molecule has 0 aromatic carbocycles.